The third kappa shape index (κ3) is 5.32. The van der Waals surface area contributed by atoms with E-state index in [2.05, 4.69) is 55.9 Å². The molecule has 0 aliphatic heterocycles. The molecular formula is C11H23BrOSi. The molecular weight excluding hydrogens is 256 g/mol. The second kappa shape index (κ2) is 5.47. The molecule has 0 aromatic rings. The van der Waals surface area contributed by atoms with Crippen molar-refractivity contribution < 1.29 is 4.43 Å². The van der Waals surface area contributed by atoms with Crippen LogP contribution in [0.2, 0.25) is 18.1 Å². The Labute approximate surface area is 98.2 Å². The number of hydrogen-bond donors (Lipinski definition) is 0. The molecule has 0 amide bonds. The number of rotatable bonds is 4. The van der Waals surface area contributed by atoms with Crippen molar-refractivity contribution in [2.45, 2.75) is 52.2 Å². The Bertz CT molecular complexity index is 200. The first-order valence-corrected chi connectivity index (χ1v) is 8.83. The number of halogens is 1. The van der Waals surface area contributed by atoms with E-state index in [9.17, 15) is 0 Å². The summed E-state index contributed by atoms with van der Waals surface area (Å²) < 4.78 is 7.21. The van der Waals surface area contributed by atoms with E-state index in [0.29, 0.717) is 5.04 Å². The summed E-state index contributed by atoms with van der Waals surface area (Å²) in [6, 6.07) is 0. The van der Waals surface area contributed by atoms with Gasteiger partial charge < -0.3 is 4.43 Å². The van der Waals surface area contributed by atoms with E-state index in [1.807, 2.05) is 6.92 Å². The Morgan fingerprint density at radius 1 is 1.36 bits per heavy atom. The Hall–Kier alpha value is 0.397. The van der Waals surface area contributed by atoms with Gasteiger partial charge in [0, 0.05) is 6.61 Å². The summed E-state index contributed by atoms with van der Waals surface area (Å²) >= 11 is 3.41. The van der Waals surface area contributed by atoms with Crippen LogP contribution < -0.4 is 0 Å². The topological polar surface area (TPSA) is 9.23 Å². The molecule has 0 aliphatic rings. The van der Waals surface area contributed by atoms with Gasteiger partial charge in [0.15, 0.2) is 8.32 Å². The van der Waals surface area contributed by atoms with Gasteiger partial charge in [-0.15, -0.1) is 0 Å². The highest BCUT2D eigenvalue weighted by atomic mass is 79.9. The van der Waals surface area contributed by atoms with Gasteiger partial charge in [-0.3, -0.25) is 0 Å². The van der Waals surface area contributed by atoms with Gasteiger partial charge in [0.25, 0.3) is 0 Å². The molecule has 0 bridgehead atoms. The summed E-state index contributed by atoms with van der Waals surface area (Å²) in [6.07, 6.45) is 3.16. The zero-order valence-corrected chi connectivity index (χ0v) is 12.9. The monoisotopic (exact) mass is 278 g/mol. The van der Waals surface area contributed by atoms with E-state index in [1.54, 1.807) is 0 Å². The highest BCUT2D eigenvalue weighted by Gasteiger charge is 2.36. The molecule has 0 atom stereocenters. The standard InChI is InChI=1S/C11H23BrOSi/c1-10(12)8-7-9-13-14(5,6)11(2,3)4/h8H,7,9H2,1-6H3/b10-8+. The average molecular weight is 279 g/mol. The molecule has 0 saturated carbocycles. The highest BCUT2D eigenvalue weighted by molar-refractivity contribution is 9.11. The zero-order chi connectivity index (χ0) is 11.4. The van der Waals surface area contributed by atoms with Crippen LogP contribution in [-0.2, 0) is 4.43 Å². The third-order valence-electron chi connectivity index (χ3n) is 2.81. The first-order chi connectivity index (χ1) is 6.17. The lowest BCUT2D eigenvalue weighted by Crippen LogP contribution is -2.40. The van der Waals surface area contributed by atoms with Gasteiger partial charge in [-0.1, -0.05) is 42.8 Å². The molecule has 0 spiro atoms. The van der Waals surface area contributed by atoms with Crippen molar-refractivity contribution in [2.24, 2.45) is 0 Å². The average Bonchev–Trinajstić information content (AvgIpc) is 1.95. The van der Waals surface area contributed by atoms with E-state index >= 15 is 0 Å². The number of allylic oxidation sites excluding steroid dienone is 1. The van der Waals surface area contributed by atoms with Gasteiger partial charge in [-0.2, -0.15) is 0 Å². The highest BCUT2D eigenvalue weighted by Crippen LogP contribution is 2.36. The smallest absolute Gasteiger partial charge is 0.191 e. The van der Waals surface area contributed by atoms with Crippen LogP contribution in [-0.4, -0.2) is 14.9 Å². The number of hydrogen-bond acceptors (Lipinski definition) is 1. The van der Waals surface area contributed by atoms with Crippen molar-refractivity contribution in [1.29, 1.82) is 0 Å². The lowest BCUT2D eigenvalue weighted by Gasteiger charge is -2.36. The minimum atomic E-state index is -1.52. The normalized spacial score (nSPS) is 14.6. The Morgan fingerprint density at radius 3 is 2.21 bits per heavy atom. The molecule has 1 nitrogen and oxygen atoms in total. The fraction of sp³-hybridized carbons (Fsp3) is 0.818. The molecule has 84 valence electrons. The molecule has 14 heavy (non-hydrogen) atoms. The summed E-state index contributed by atoms with van der Waals surface area (Å²) in [5.74, 6) is 0. The molecule has 3 heteroatoms. The Kier molecular flexibility index (Phi) is 5.63. The molecule has 0 unspecified atom stereocenters. The van der Waals surface area contributed by atoms with Crippen LogP contribution in [0.25, 0.3) is 0 Å². The molecule has 0 fully saturated rings. The van der Waals surface area contributed by atoms with Gasteiger partial charge in [-0.25, -0.2) is 0 Å². The first-order valence-electron chi connectivity index (χ1n) is 5.13. The van der Waals surface area contributed by atoms with Crippen molar-refractivity contribution in [2.75, 3.05) is 6.61 Å². The Balaban J connectivity index is 3.95. The van der Waals surface area contributed by atoms with Crippen LogP contribution in [0.5, 0.6) is 0 Å². The minimum Gasteiger partial charge on any atom is -0.417 e. The molecule has 0 saturated heterocycles. The van der Waals surface area contributed by atoms with Gasteiger partial charge in [0.2, 0.25) is 0 Å². The van der Waals surface area contributed by atoms with E-state index in [-0.39, 0.29) is 0 Å². The minimum absolute atomic E-state index is 0.320. The predicted molar refractivity (Wildman–Crippen MR) is 70.5 cm³/mol. The fourth-order valence-electron chi connectivity index (χ4n) is 0.788. The summed E-state index contributed by atoms with van der Waals surface area (Å²) in [6.45, 7) is 14.3. The van der Waals surface area contributed by atoms with Crippen molar-refractivity contribution in [3.63, 3.8) is 0 Å². The summed E-state index contributed by atoms with van der Waals surface area (Å²) in [7, 11) is -1.52. The maximum atomic E-state index is 6.02. The van der Waals surface area contributed by atoms with Crippen LogP contribution in [0.15, 0.2) is 10.6 Å². The van der Waals surface area contributed by atoms with Crippen molar-refractivity contribution in [1.82, 2.24) is 0 Å². The van der Waals surface area contributed by atoms with Crippen LogP contribution >= 0.6 is 15.9 Å². The van der Waals surface area contributed by atoms with Crippen LogP contribution in [0.3, 0.4) is 0 Å². The zero-order valence-electron chi connectivity index (χ0n) is 10.3. The van der Waals surface area contributed by atoms with Crippen molar-refractivity contribution in [3.8, 4) is 0 Å². The van der Waals surface area contributed by atoms with E-state index in [0.717, 1.165) is 13.0 Å². The maximum absolute atomic E-state index is 6.02. The van der Waals surface area contributed by atoms with Crippen LogP contribution in [0.1, 0.15) is 34.1 Å². The van der Waals surface area contributed by atoms with Gasteiger partial charge in [-0.05, 0) is 36.0 Å². The first kappa shape index (κ1) is 14.4. The summed E-state index contributed by atoms with van der Waals surface area (Å²) in [4.78, 5) is 0. The lowest BCUT2D eigenvalue weighted by molar-refractivity contribution is 0.294. The molecule has 0 aromatic carbocycles. The third-order valence-corrected chi connectivity index (χ3v) is 7.67. The second-order valence-corrected chi connectivity index (χ2v) is 11.2. The largest absolute Gasteiger partial charge is 0.417 e. The molecule has 0 radical (unpaired) electrons. The van der Waals surface area contributed by atoms with Gasteiger partial charge >= 0.3 is 0 Å². The SMILES string of the molecule is C/C(Br)=C\CCO[Si](C)(C)C(C)(C)C. The maximum Gasteiger partial charge on any atom is 0.191 e. The second-order valence-electron chi connectivity index (χ2n) is 5.19. The van der Waals surface area contributed by atoms with E-state index in [4.69, 9.17) is 4.43 Å². The quantitative estimate of drug-likeness (QED) is 0.535. The summed E-state index contributed by atoms with van der Waals surface area (Å²) in [5.41, 5.74) is 0. The van der Waals surface area contributed by atoms with Crippen LogP contribution in [0.4, 0.5) is 0 Å². The summed E-state index contributed by atoms with van der Waals surface area (Å²) in [5, 5.41) is 0.320. The fourth-order valence-corrected chi connectivity index (χ4v) is 2.08. The van der Waals surface area contributed by atoms with Crippen molar-refractivity contribution >= 4 is 24.2 Å². The van der Waals surface area contributed by atoms with Gasteiger partial charge in [0.05, 0.1) is 0 Å². The predicted octanol–water partition coefficient (Wildman–Crippen LogP) is 4.70. The molecule has 0 aliphatic carbocycles. The van der Waals surface area contributed by atoms with E-state index < -0.39 is 8.32 Å². The van der Waals surface area contributed by atoms with Gasteiger partial charge in [0.1, 0.15) is 0 Å². The lowest BCUT2D eigenvalue weighted by atomic mass is 10.2. The molecule has 0 heterocycles. The molecule has 0 aromatic heterocycles. The van der Waals surface area contributed by atoms with E-state index in [1.165, 1.54) is 4.48 Å². The molecule has 0 rings (SSSR count). The Morgan fingerprint density at radius 2 is 1.86 bits per heavy atom. The van der Waals surface area contributed by atoms with Crippen LogP contribution in [0, 0.1) is 0 Å². The molecule has 0 N–H and O–H groups in total. The van der Waals surface area contributed by atoms with Crippen molar-refractivity contribution in [3.05, 3.63) is 10.6 Å².